The zero-order valence-electron chi connectivity index (χ0n) is 14.6. The molecule has 134 valence electrons. The molecule has 0 aromatic heterocycles. The van der Waals surface area contributed by atoms with Gasteiger partial charge < -0.3 is 0 Å². The molecule has 0 spiro atoms. The predicted molar refractivity (Wildman–Crippen MR) is 94.6 cm³/mol. The van der Waals surface area contributed by atoms with Gasteiger partial charge in [-0.1, -0.05) is 66.3 Å². The van der Waals surface area contributed by atoms with E-state index < -0.39 is 6.17 Å². The Morgan fingerprint density at radius 2 is 1.61 bits per heavy atom. The van der Waals surface area contributed by atoms with E-state index in [2.05, 4.69) is 46.8 Å². The number of hydrogen-bond donors (Lipinski definition) is 0. The number of alkyl halides is 1. The molecule has 0 aliphatic heterocycles. The fourth-order valence-corrected chi connectivity index (χ4v) is 3.20. The van der Waals surface area contributed by atoms with Crippen LogP contribution < -0.4 is 0 Å². The van der Waals surface area contributed by atoms with E-state index in [9.17, 15) is 4.39 Å². The molecule has 3 heteroatoms. The van der Waals surface area contributed by atoms with E-state index in [1.54, 1.807) is 6.08 Å². The Balaban J connectivity index is 0. The summed E-state index contributed by atoms with van der Waals surface area (Å²) >= 11 is 0. The number of carbonyl (C=O) groups excluding carboxylic acids is 2. The average molecular weight is 326 g/mol. The summed E-state index contributed by atoms with van der Waals surface area (Å²) < 4.78 is 13.0. The van der Waals surface area contributed by atoms with Gasteiger partial charge in [0.2, 0.25) is 0 Å². The number of allylic oxidation sites excluding steroid dienone is 4. The molecule has 2 aliphatic rings. The first-order chi connectivity index (χ1) is 10.3. The lowest BCUT2D eigenvalue weighted by molar-refractivity contribution is -0.191. The first-order valence-corrected chi connectivity index (χ1v) is 8.33. The highest BCUT2D eigenvalue weighted by molar-refractivity contribution is 5.20. The fourth-order valence-electron chi connectivity index (χ4n) is 3.20. The topological polar surface area (TPSA) is 34.1 Å². The fraction of sp³-hybridized carbons (Fsp3) is 0.750. The summed E-state index contributed by atoms with van der Waals surface area (Å²) in [6.07, 6.45) is 12.1. The Morgan fingerprint density at radius 1 is 1.04 bits per heavy atom. The second-order valence-corrected chi connectivity index (χ2v) is 6.86. The molecule has 0 N–H and O–H groups in total. The molecule has 0 fully saturated rings. The van der Waals surface area contributed by atoms with Crippen LogP contribution in [0.2, 0.25) is 0 Å². The summed E-state index contributed by atoms with van der Waals surface area (Å²) in [4.78, 5) is 16.2. The lowest BCUT2D eigenvalue weighted by atomic mass is 9.86. The summed E-state index contributed by atoms with van der Waals surface area (Å²) in [6, 6.07) is 0. The van der Waals surface area contributed by atoms with Gasteiger partial charge in [-0.25, -0.2) is 4.39 Å². The van der Waals surface area contributed by atoms with Gasteiger partial charge in [0.25, 0.3) is 0 Å². The van der Waals surface area contributed by atoms with Gasteiger partial charge in [0.1, 0.15) is 6.17 Å². The molecular formula is C20H35FO2. The van der Waals surface area contributed by atoms with Crippen LogP contribution in [-0.4, -0.2) is 12.3 Å². The zero-order valence-corrected chi connectivity index (χ0v) is 14.6. The highest BCUT2D eigenvalue weighted by Gasteiger charge is 2.30. The van der Waals surface area contributed by atoms with Crippen LogP contribution in [0.25, 0.3) is 0 Å². The van der Waals surface area contributed by atoms with Gasteiger partial charge in [-0.15, -0.1) is 0 Å². The summed E-state index contributed by atoms with van der Waals surface area (Å²) in [6.45, 7) is 10.9. The van der Waals surface area contributed by atoms with Gasteiger partial charge in [0.15, 0.2) is 0 Å². The first-order valence-electron chi connectivity index (χ1n) is 8.33. The zero-order chi connectivity index (χ0) is 17.1. The molecule has 2 aliphatic carbocycles. The SMILES string of the molecule is C.CC(C)C1C(C)C=CC1F.CC(C)C1C=CCCC1.O=C=O. The van der Waals surface area contributed by atoms with E-state index in [4.69, 9.17) is 9.59 Å². The third-order valence-corrected chi connectivity index (χ3v) is 4.49. The second-order valence-electron chi connectivity index (χ2n) is 6.86. The molecule has 0 aromatic carbocycles. The van der Waals surface area contributed by atoms with Gasteiger partial charge in [0, 0.05) is 5.92 Å². The minimum absolute atomic E-state index is 0. The first kappa shape index (κ1) is 24.0. The monoisotopic (exact) mass is 326 g/mol. The lowest BCUT2D eigenvalue weighted by Gasteiger charge is -2.21. The van der Waals surface area contributed by atoms with Crippen LogP contribution in [0.1, 0.15) is 61.3 Å². The molecule has 4 atom stereocenters. The maximum absolute atomic E-state index is 13.0. The normalized spacial score (nSPS) is 28.2. The second kappa shape index (κ2) is 13.2. The number of hydrogen-bond acceptors (Lipinski definition) is 2. The van der Waals surface area contributed by atoms with Crippen molar-refractivity contribution >= 4 is 6.15 Å². The number of halogens is 1. The van der Waals surface area contributed by atoms with Crippen LogP contribution in [0.4, 0.5) is 4.39 Å². The van der Waals surface area contributed by atoms with Crippen LogP contribution in [0.3, 0.4) is 0 Å². The van der Waals surface area contributed by atoms with E-state index in [1.807, 2.05) is 6.08 Å². The molecule has 23 heavy (non-hydrogen) atoms. The standard InChI is InChI=1S/C9H15F.C9H16.CO2.CH4/c1-6(2)9-7(3)4-5-8(9)10;1-8(2)9-6-4-3-5-7-9;2-1-3;/h4-9H,1-3H3;4,6,8-9H,3,5,7H2,1-2H3;;1H4. The van der Waals surface area contributed by atoms with Crippen molar-refractivity contribution in [1.29, 1.82) is 0 Å². The molecule has 0 bridgehead atoms. The van der Waals surface area contributed by atoms with Crippen molar-refractivity contribution < 1.29 is 14.0 Å². The molecular weight excluding hydrogens is 291 g/mol. The van der Waals surface area contributed by atoms with Crippen LogP contribution in [-0.2, 0) is 9.59 Å². The molecule has 4 unspecified atom stereocenters. The summed E-state index contributed by atoms with van der Waals surface area (Å²) in [5.74, 6) is 2.83. The van der Waals surface area contributed by atoms with Crippen molar-refractivity contribution in [3.05, 3.63) is 24.3 Å². The summed E-state index contributed by atoms with van der Waals surface area (Å²) in [7, 11) is 0. The Bertz CT molecular complexity index is 367. The average Bonchev–Trinajstić information content (AvgIpc) is 2.80. The quantitative estimate of drug-likeness (QED) is 0.596. The Labute approximate surface area is 142 Å². The van der Waals surface area contributed by atoms with Gasteiger partial charge >= 0.3 is 6.15 Å². The van der Waals surface area contributed by atoms with Crippen LogP contribution >= 0.6 is 0 Å². The highest BCUT2D eigenvalue weighted by Crippen LogP contribution is 2.33. The Kier molecular flexibility index (Phi) is 13.9. The largest absolute Gasteiger partial charge is 0.373 e. The van der Waals surface area contributed by atoms with Crippen molar-refractivity contribution in [1.82, 2.24) is 0 Å². The molecule has 0 radical (unpaired) electrons. The molecule has 0 saturated heterocycles. The van der Waals surface area contributed by atoms with E-state index in [1.165, 1.54) is 19.3 Å². The third kappa shape index (κ3) is 9.50. The molecule has 0 amide bonds. The smallest absolute Gasteiger partial charge is 0.243 e. The van der Waals surface area contributed by atoms with Crippen molar-refractivity contribution in [2.24, 2.45) is 29.6 Å². The van der Waals surface area contributed by atoms with Crippen molar-refractivity contribution in [3.63, 3.8) is 0 Å². The van der Waals surface area contributed by atoms with Crippen LogP contribution in [0, 0.1) is 29.6 Å². The predicted octanol–water partition coefficient (Wildman–Crippen LogP) is 5.85. The maximum Gasteiger partial charge on any atom is 0.373 e. The third-order valence-electron chi connectivity index (χ3n) is 4.49. The van der Waals surface area contributed by atoms with E-state index >= 15 is 0 Å². The molecule has 0 aromatic rings. The van der Waals surface area contributed by atoms with Crippen LogP contribution in [0.15, 0.2) is 24.3 Å². The van der Waals surface area contributed by atoms with Crippen molar-refractivity contribution in [2.45, 2.75) is 67.5 Å². The van der Waals surface area contributed by atoms with Crippen molar-refractivity contribution in [3.8, 4) is 0 Å². The molecule has 0 saturated carbocycles. The Hall–Kier alpha value is -1.21. The van der Waals surface area contributed by atoms with Gasteiger partial charge in [0.05, 0.1) is 0 Å². The minimum Gasteiger partial charge on any atom is -0.243 e. The molecule has 2 nitrogen and oxygen atoms in total. The lowest BCUT2D eigenvalue weighted by Crippen LogP contribution is -2.20. The Morgan fingerprint density at radius 3 is 1.83 bits per heavy atom. The van der Waals surface area contributed by atoms with Crippen LogP contribution in [0.5, 0.6) is 0 Å². The minimum atomic E-state index is -0.699. The van der Waals surface area contributed by atoms with Crippen molar-refractivity contribution in [2.75, 3.05) is 0 Å². The summed E-state index contributed by atoms with van der Waals surface area (Å²) in [5, 5.41) is 0. The highest BCUT2D eigenvalue weighted by atomic mass is 19.1. The van der Waals surface area contributed by atoms with E-state index in [0.29, 0.717) is 11.8 Å². The van der Waals surface area contributed by atoms with E-state index in [0.717, 1.165) is 11.8 Å². The number of rotatable bonds is 2. The van der Waals surface area contributed by atoms with Gasteiger partial charge in [-0.05, 0) is 42.9 Å². The van der Waals surface area contributed by atoms with Gasteiger partial charge in [-0.2, -0.15) is 9.59 Å². The summed E-state index contributed by atoms with van der Waals surface area (Å²) in [5.41, 5.74) is 0. The maximum atomic E-state index is 13.0. The van der Waals surface area contributed by atoms with E-state index in [-0.39, 0.29) is 19.5 Å². The molecule has 0 heterocycles. The molecule has 2 rings (SSSR count). The van der Waals surface area contributed by atoms with Gasteiger partial charge in [-0.3, -0.25) is 0 Å².